The maximum atomic E-state index is 13.1. The number of pyridine rings is 1. The van der Waals surface area contributed by atoms with Gasteiger partial charge in [0.25, 0.3) is 5.56 Å². The zero-order chi connectivity index (χ0) is 22.6. The third-order valence-corrected chi connectivity index (χ3v) is 8.23. The number of carbonyl (C=O) groups is 1. The summed E-state index contributed by atoms with van der Waals surface area (Å²) in [6, 6.07) is 3.99. The van der Waals surface area contributed by atoms with Gasteiger partial charge in [0.2, 0.25) is 0 Å². The highest BCUT2D eigenvalue weighted by Gasteiger charge is 2.37. The van der Waals surface area contributed by atoms with E-state index in [1.165, 1.54) is 22.8 Å². The van der Waals surface area contributed by atoms with E-state index in [4.69, 9.17) is 21.1 Å². The van der Waals surface area contributed by atoms with Crippen molar-refractivity contribution in [1.29, 1.82) is 0 Å². The highest BCUT2D eigenvalue weighted by Crippen LogP contribution is 2.46. The van der Waals surface area contributed by atoms with E-state index >= 15 is 0 Å². The van der Waals surface area contributed by atoms with Crippen LogP contribution in [0.4, 0.5) is 0 Å². The van der Waals surface area contributed by atoms with Gasteiger partial charge in [0.05, 0.1) is 28.0 Å². The molecule has 1 saturated carbocycles. The summed E-state index contributed by atoms with van der Waals surface area (Å²) >= 11 is 6.48. The monoisotopic (exact) mass is 479 g/mol. The van der Waals surface area contributed by atoms with Gasteiger partial charge in [-0.25, -0.2) is 13.2 Å². The number of benzene rings is 1. The van der Waals surface area contributed by atoms with Gasteiger partial charge in [-0.1, -0.05) is 11.6 Å². The van der Waals surface area contributed by atoms with E-state index in [-0.39, 0.29) is 27.5 Å². The molecular weight excluding hydrogens is 458 g/mol. The molecule has 1 aromatic heterocycles. The first-order valence-electron chi connectivity index (χ1n) is 10.5. The SMILES string of the molecule is O=C(O)c1cc2c(n(C3CC3)c1=O)-c1cc(Cl)c(OCC3CCOCC3)cc1S(=O)(=O)C2. The van der Waals surface area contributed by atoms with Gasteiger partial charge in [0, 0.05) is 30.9 Å². The summed E-state index contributed by atoms with van der Waals surface area (Å²) in [4.78, 5) is 24.6. The molecule has 170 valence electrons. The normalized spacial score (nSPS) is 19.8. The number of rotatable bonds is 5. The Morgan fingerprint density at radius 1 is 1.19 bits per heavy atom. The van der Waals surface area contributed by atoms with Crippen molar-refractivity contribution in [2.24, 2.45) is 5.92 Å². The van der Waals surface area contributed by atoms with Gasteiger partial charge < -0.3 is 19.1 Å². The smallest absolute Gasteiger partial charge is 0.341 e. The number of aromatic nitrogens is 1. The molecule has 0 unspecified atom stereocenters. The summed E-state index contributed by atoms with van der Waals surface area (Å²) in [6.45, 7) is 1.76. The summed E-state index contributed by atoms with van der Waals surface area (Å²) in [5.41, 5.74) is 0.00549. The van der Waals surface area contributed by atoms with Gasteiger partial charge >= 0.3 is 5.97 Å². The van der Waals surface area contributed by atoms with Crippen LogP contribution in [0.15, 0.2) is 27.9 Å². The maximum Gasteiger partial charge on any atom is 0.341 e. The van der Waals surface area contributed by atoms with Crippen molar-refractivity contribution in [3.63, 3.8) is 0 Å². The second-order valence-corrected chi connectivity index (χ2v) is 10.9. The Labute approximate surface area is 189 Å². The molecule has 3 heterocycles. The molecule has 1 aliphatic carbocycles. The Bertz CT molecular complexity index is 1270. The van der Waals surface area contributed by atoms with Crippen LogP contribution in [0.5, 0.6) is 5.75 Å². The van der Waals surface area contributed by atoms with E-state index in [0.29, 0.717) is 42.6 Å². The lowest BCUT2D eigenvalue weighted by Gasteiger charge is -2.26. The standard InChI is InChI=1S/C22H22ClNO7S/c23-17-8-15-19(9-18(17)31-10-12-3-5-30-6-4-12)32(28,29)11-13-7-16(22(26)27)21(25)24(20(13)15)14-1-2-14/h7-9,12,14H,1-6,10-11H2,(H,26,27). The number of aromatic carboxylic acids is 1. The quantitative estimate of drug-likeness (QED) is 0.700. The van der Waals surface area contributed by atoms with Gasteiger partial charge in [0.1, 0.15) is 11.3 Å². The van der Waals surface area contributed by atoms with E-state index in [2.05, 4.69) is 0 Å². The zero-order valence-electron chi connectivity index (χ0n) is 17.2. The van der Waals surface area contributed by atoms with Crippen LogP contribution in [0, 0.1) is 5.92 Å². The fourth-order valence-corrected chi connectivity index (χ4v) is 6.21. The third kappa shape index (κ3) is 3.72. The van der Waals surface area contributed by atoms with Gasteiger partial charge in [-0.2, -0.15) is 0 Å². The number of carboxylic acids is 1. The molecule has 2 fully saturated rings. The summed E-state index contributed by atoms with van der Waals surface area (Å²) in [5, 5.41) is 9.70. The average Bonchev–Trinajstić information content (AvgIpc) is 3.58. The minimum atomic E-state index is -3.78. The molecule has 1 saturated heterocycles. The minimum absolute atomic E-state index is 0.0493. The summed E-state index contributed by atoms with van der Waals surface area (Å²) in [5.74, 6) is -1.16. The molecule has 2 aliphatic heterocycles. The number of hydrogen-bond donors (Lipinski definition) is 1. The lowest BCUT2D eigenvalue weighted by atomic mass is 10.0. The number of hydrogen-bond acceptors (Lipinski definition) is 6. The Morgan fingerprint density at radius 2 is 1.91 bits per heavy atom. The topological polar surface area (TPSA) is 112 Å². The van der Waals surface area contributed by atoms with Crippen LogP contribution >= 0.6 is 11.6 Å². The van der Waals surface area contributed by atoms with Crippen molar-refractivity contribution in [2.75, 3.05) is 19.8 Å². The Morgan fingerprint density at radius 3 is 2.56 bits per heavy atom. The lowest BCUT2D eigenvalue weighted by Crippen LogP contribution is -2.30. The molecule has 0 bridgehead atoms. The maximum absolute atomic E-state index is 13.1. The molecule has 3 aliphatic rings. The third-order valence-electron chi connectivity index (χ3n) is 6.24. The first-order valence-corrected chi connectivity index (χ1v) is 12.6. The molecule has 10 heteroatoms. The van der Waals surface area contributed by atoms with Crippen LogP contribution < -0.4 is 10.3 Å². The van der Waals surface area contributed by atoms with Crippen molar-refractivity contribution in [3.05, 3.63) is 44.7 Å². The average molecular weight is 480 g/mol. The van der Waals surface area contributed by atoms with Gasteiger partial charge in [0.15, 0.2) is 9.84 Å². The first kappa shape index (κ1) is 21.5. The molecule has 0 radical (unpaired) electrons. The van der Waals surface area contributed by atoms with Crippen molar-refractivity contribution < 1.29 is 27.8 Å². The fraction of sp³-hybridized carbons (Fsp3) is 0.455. The predicted octanol–water partition coefficient (Wildman–Crippen LogP) is 3.29. The molecule has 8 nitrogen and oxygen atoms in total. The van der Waals surface area contributed by atoms with E-state index < -0.39 is 26.9 Å². The van der Waals surface area contributed by atoms with Gasteiger partial charge in [-0.15, -0.1) is 0 Å². The highest BCUT2D eigenvalue weighted by molar-refractivity contribution is 7.90. The van der Waals surface area contributed by atoms with E-state index in [9.17, 15) is 23.1 Å². The number of sulfone groups is 1. The molecule has 1 N–H and O–H groups in total. The molecule has 32 heavy (non-hydrogen) atoms. The van der Waals surface area contributed by atoms with Gasteiger partial charge in [-0.3, -0.25) is 4.79 Å². The number of halogens is 1. The van der Waals surface area contributed by atoms with Gasteiger partial charge in [-0.05, 0) is 49.3 Å². The number of carboxylic acid groups (broad SMARTS) is 1. The largest absolute Gasteiger partial charge is 0.492 e. The molecule has 0 spiro atoms. The van der Waals surface area contributed by atoms with Crippen molar-refractivity contribution in [3.8, 4) is 17.0 Å². The lowest BCUT2D eigenvalue weighted by molar-refractivity contribution is 0.0497. The molecule has 0 atom stereocenters. The second kappa shape index (κ2) is 7.90. The van der Waals surface area contributed by atoms with Crippen LogP contribution in [-0.2, 0) is 20.3 Å². The Hall–Kier alpha value is -2.36. The van der Waals surface area contributed by atoms with Crippen LogP contribution in [0.2, 0.25) is 5.02 Å². The number of ether oxygens (including phenoxy) is 2. The molecular formula is C22H22ClNO7S. The summed E-state index contributed by atoms with van der Waals surface area (Å²) in [7, 11) is -3.78. The highest BCUT2D eigenvalue weighted by atomic mass is 35.5. The zero-order valence-corrected chi connectivity index (χ0v) is 18.7. The molecule has 2 aromatic rings. The summed E-state index contributed by atoms with van der Waals surface area (Å²) in [6.07, 6.45) is 3.21. The molecule has 1 aromatic carbocycles. The van der Waals surface area contributed by atoms with E-state index in [1.54, 1.807) is 0 Å². The summed E-state index contributed by atoms with van der Waals surface area (Å²) < 4.78 is 38.9. The second-order valence-electron chi connectivity index (χ2n) is 8.55. The van der Waals surface area contributed by atoms with Crippen LogP contribution in [0.25, 0.3) is 11.3 Å². The van der Waals surface area contributed by atoms with Crippen LogP contribution in [-0.4, -0.2) is 43.9 Å². The van der Waals surface area contributed by atoms with Crippen molar-refractivity contribution in [2.45, 2.75) is 42.4 Å². The van der Waals surface area contributed by atoms with Crippen molar-refractivity contribution >= 4 is 27.4 Å². The minimum Gasteiger partial charge on any atom is -0.492 e. The van der Waals surface area contributed by atoms with E-state index in [1.807, 2.05) is 0 Å². The molecule has 0 amide bonds. The van der Waals surface area contributed by atoms with E-state index in [0.717, 1.165) is 25.7 Å². The van der Waals surface area contributed by atoms with Crippen LogP contribution in [0.3, 0.4) is 0 Å². The fourth-order valence-electron chi connectivity index (χ4n) is 4.43. The first-order chi connectivity index (χ1) is 15.3. The Balaban J connectivity index is 1.62. The predicted molar refractivity (Wildman–Crippen MR) is 116 cm³/mol. The van der Waals surface area contributed by atoms with Crippen molar-refractivity contribution in [1.82, 2.24) is 4.57 Å². The Kier molecular flexibility index (Phi) is 5.30. The molecule has 5 rings (SSSR count). The number of fused-ring (bicyclic) bond motifs is 3. The number of nitrogens with zero attached hydrogens (tertiary/aromatic N) is 1. The van der Waals surface area contributed by atoms with Crippen LogP contribution in [0.1, 0.15) is 47.6 Å².